The molecule has 144 valence electrons. The minimum Gasteiger partial charge on any atom is -0.363 e. The van der Waals surface area contributed by atoms with Crippen molar-refractivity contribution in [1.82, 2.24) is 25.3 Å². The first-order valence-electron chi connectivity index (χ1n) is 9.13. The number of carbonyl (C=O) groups excluding carboxylic acids is 2. The van der Waals surface area contributed by atoms with Gasteiger partial charge in [-0.15, -0.1) is 0 Å². The zero-order valence-electron chi connectivity index (χ0n) is 15.6. The fourth-order valence-corrected chi connectivity index (χ4v) is 3.45. The van der Waals surface area contributed by atoms with Crippen LogP contribution in [0.2, 0.25) is 0 Å². The Labute approximate surface area is 153 Å². The Morgan fingerprint density at radius 2 is 1.96 bits per heavy atom. The molecule has 0 aromatic carbocycles. The third-order valence-corrected chi connectivity index (χ3v) is 4.98. The molecule has 0 bridgehead atoms. The van der Waals surface area contributed by atoms with Gasteiger partial charge in [-0.1, -0.05) is 5.16 Å². The second-order valence-electron chi connectivity index (χ2n) is 7.18. The highest BCUT2D eigenvalue weighted by molar-refractivity contribution is 5.80. The van der Waals surface area contributed by atoms with Gasteiger partial charge < -0.3 is 24.4 Å². The lowest BCUT2D eigenvalue weighted by Crippen LogP contribution is -2.46. The molecule has 2 saturated heterocycles. The van der Waals surface area contributed by atoms with Crippen LogP contribution in [0.1, 0.15) is 43.3 Å². The minimum absolute atomic E-state index is 0.0165. The van der Waals surface area contributed by atoms with Gasteiger partial charge in [0, 0.05) is 39.6 Å². The van der Waals surface area contributed by atoms with Gasteiger partial charge in [-0.05, 0) is 32.6 Å². The van der Waals surface area contributed by atoms with E-state index in [4.69, 9.17) is 9.26 Å². The molecule has 1 aromatic rings. The molecule has 2 aliphatic rings. The number of piperidine rings is 1. The smallest absolute Gasteiger partial charge is 0.317 e. The quantitative estimate of drug-likeness (QED) is 0.851. The number of ether oxygens (including phenoxy) is 1. The number of aromatic nitrogens is 2. The van der Waals surface area contributed by atoms with Crippen molar-refractivity contribution in [2.75, 3.05) is 33.7 Å². The largest absolute Gasteiger partial charge is 0.363 e. The number of rotatable bonds is 4. The number of nitrogens with zero attached hydrogens (tertiary/aromatic N) is 4. The molecule has 3 amide bonds. The number of urea groups is 1. The van der Waals surface area contributed by atoms with Gasteiger partial charge in [0.2, 0.25) is 5.89 Å². The first kappa shape index (κ1) is 18.6. The van der Waals surface area contributed by atoms with Gasteiger partial charge in [-0.2, -0.15) is 4.98 Å². The summed E-state index contributed by atoms with van der Waals surface area (Å²) in [5.74, 6) is 1.51. The normalized spacial score (nSPS) is 23.9. The summed E-state index contributed by atoms with van der Waals surface area (Å²) in [6.45, 7) is 3.55. The van der Waals surface area contributed by atoms with Gasteiger partial charge in [0.05, 0.1) is 6.10 Å². The predicted molar refractivity (Wildman–Crippen MR) is 92.6 cm³/mol. The molecule has 2 atom stereocenters. The molecule has 0 spiro atoms. The van der Waals surface area contributed by atoms with Crippen LogP contribution in [0.4, 0.5) is 4.79 Å². The maximum atomic E-state index is 12.4. The molecular weight excluding hydrogens is 338 g/mol. The van der Waals surface area contributed by atoms with E-state index in [9.17, 15) is 9.59 Å². The molecule has 0 aliphatic carbocycles. The summed E-state index contributed by atoms with van der Waals surface area (Å²) in [7, 11) is 3.44. The van der Waals surface area contributed by atoms with Crippen LogP contribution >= 0.6 is 0 Å². The Hall–Kier alpha value is -2.16. The summed E-state index contributed by atoms with van der Waals surface area (Å²) < 4.78 is 11.0. The summed E-state index contributed by atoms with van der Waals surface area (Å²) in [5.41, 5.74) is 0. The second kappa shape index (κ2) is 8.03. The van der Waals surface area contributed by atoms with Crippen LogP contribution in [0.3, 0.4) is 0 Å². The molecule has 3 heterocycles. The van der Waals surface area contributed by atoms with Crippen molar-refractivity contribution in [2.45, 2.75) is 50.7 Å². The SMILES string of the molecule is Cc1noc(C2CCN(C(=O)NCC3CCC(C(=O)N(C)C)O3)CC2)n1. The van der Waals surface area contributed by atoms with E-state index in [1.165, 1.54) is 0 Å². The standard InChI is InChI=1S/C17H27N5O4/c1-11-19-15(26-20-11)12-6-8-22(9-7-12)17(24)18-10-13-4-5-14(25-13)16(23)21(2)3/h12-14H,4-10H2,1-3H3,(H,18,24). The highest BCUT2D eigenvalue weighted by Crippen LogP contribution is 2.26. The topological polar surface area (TPSA) is 101 Å². The van der Waals surface area contributed by atoms with E-state index in [0.29, 0.717) is 37.8 Å². The van der Waals surface area contributed by atoms with Crippen molar-refractivity contribution in [3.05, 3.63) is 11.7 Å². The third kappa shape index (κ3) is 4.32. The Bertz CT molecular complexity index is 639. The van der Waals surface area contributed by atoms with Crippen LogP contribution in [0.15, 0.2) is 4.52 Å². The van der Waals surface area contributed by atoms with E-state index in [0.717, 1.165) is 19.3 Å². The second-order valence-corrected chi connectivity index (χ2v) is 7.18. The van der Waals surface area contributed by atoms with Gasteiger partial charge in [0.15, 0.2) is 5.82 Å². The van der Waals surface area contributed by atoms with Crippen molar-refractivity contribution in [3.63, 3.8) is 0 Å². The van der Waals surface area contributed by atoms with Gasteiger partial charge in [-0.25, -0.2) is 4.79 Å². The number of carbonyl (C=O) groups is 2. The molecule has 1 aromatic heterocycles. The number of amides is 3. The molecular formula is C17H27N5O4. The van der Waals surface area contributed by atoms with Crippen molar-refractivity contribution in [2.24, 2.45) is 0 Å². The number of aryl methyl sites for hydroxylation is 1. The first-order valence-corrected chi connectivity index (χ1v) is 9.13. The van der Waals surface area contributed by atoms with Crippen LogP contribution in [0, 0.1) is 6.92 Å². The maximum Gasteiger partial charge on any atom is 0.317 e. The monoisotopic (exact) mass is 365 g/mol. The van der Waals surface area contributed by atoms with Gasteiger partial charge in [0.25, 0.3) is 5.91 Å². The Morgan fingerprint density at radius 3 is 2.58 bits per heavy atom. The van der Waals surface area contributed by atoms with E-state index in [1.54, 1.807) is 30.8 Å². The number of nitrogens with one attached hydrogen (secondary N) is 1. The number of likely N-dealkylation sites (tertiary alicyclic amines) is 1. The van der Waals surface area contributed by atoms with Crippen molar-refractivity contribution >= 4 is 11.9 Å². The van der Waals surface area contributed by atoms with Crippen molar-refractivity contribution < 1.29 is 18.8 Å². The lowest BCUT2D eigenvalue weighted by Gasteiger charge is -2.30. The summed E-state index contributed by atoms with van der Waals surface area (Å²) in [6, 6.07) is -0.0869. The van der Waals surface area contributed by atoms with Crippen LogP contribution < -0.4 is 5.32 Å². The molecule has 2 unspecified atom stereocenters. The molecule has 2 fully saturated rings. The van der Waals surface area contributed by atoms with E-state index < -0.39 is 0 Å². The Kier molecular flexibility index (Phi) is 5.75. The molecule has 2 aliphatic heterocycles. The summed E-state index contributed by atoms with van der Waals surface area (Å²) in [6.07, 6.45) is 2.62. The highest BCUT2D eigenvalue weighted by atomic mass is 16.5. The Balaban J connectivity index is 1.39. The number of hydrogen-bond acceptors (Lipinski definition) is 6. The summed E-state index contributed by atoms with van der Waals surface area (Å²) >= 11 is 0. The predicted octanol–water partition coefficient (Wildman–Crippen LogP) is 0.903. The fourth-order valence-electron chi connectivity index (χ4n) is 3.45. The van der Waals surface area contributed by atoms with E-state index >= 15 is 0 Å². The molecule has 0 saturated carbocycles. The van der Waals surface area contributed by atoms with Gasteiger partial charge >= 0.3 is 6.03 Å². The molecule has 0 radical (unpaired) electrons. The maximum absolute atomic E-state index is 12.4. The lowest BCUT2D eigenvalue weighted by atomic mass is 9.97. The lowest BCUT2D eigenvalue weighted by molar-refractivity contribution is -0.140. The third-order valence-electron chi connectivity index (χ3n) is 4.98. The molecule has 26 heavy (non-hydrogen) atoms. The number of likely N-dealkylation sites (N-methyl/N-ethyl adjacent to an activating group) is 1. The van der Waals surface area contributed by atoms with Gasteiger partial charge in [-0.3, -0.25) is 4.79 Å². The van der Waals surface area contributed by atoms with Crippen LogP contribution in [0.5, 0.6) is 0 Å². The molecule has 3 rings (SSSR count). The zero-order chi connectivity index (χ0) is 18.7. The minimum atomic E-state index is -0.388. The average molecular weight is 365 g/mol. The summed E-state index contributed by atoms with van der Waals surface area (Å²) in [5, 5.41) is 6.76. The van der Waals surface area contributed by atoms with Crippen LogP contribution in [-0.4, -0.2) is 77.8 Å². The van der Waals surface area contributed by atoms with Gasteiger partial charge in [0.1, 0.15) is 6.10 Å². The molecule has 1 N–H and O–H groups in total. The first-order chi connectivity index (χ1) is 12.4. The summed E-state index contributed by atoms with van der Waals surface area (Å²) in [4.78, 5) is 31.9. The highest BCUT2D eigenvalue weighted by Gasteiger charge is 2.32. The fraction of sp³-hybridized carbons (Fsp3) is 0.765. The van der Waals surface area contributed by atoms with Crippen LogP contribution in [-0.2, 0) is 9.53 Å². The van der Waals surface area contributed by atoms with Crippen molar-refractivity contribution in [1.29, 1.82) is 0 Å². The zero-order valence-corrected chi connectivity index (χ0v) is 15.6. The average Bonchev–Trinajstić information content (AvgIpc) is 3.28. The van der Waals surface area contributed by atoms with E-state index in [1.807, 2.05) is 0 Å². The Morgan fingerprint density at radius 1 is 1.23 bits per heavy atom. The molecule has 9 heteroatoms. The molecule has 9 nitrogen and oxygen atoms in total. The van der Waals surface area contributed by atoms with E-state index in [2.05, 4.69) is 15.5 Å². The number of hydrogen-bond donors (Lipinski definition) is 1. The van der Waals surface area contributed by atoms with Crippen molar-refractivity contribution in [3.8, 4) is 0 Å². The van der Waals surface area contributed by atoms with E-state index in [-0.39, 0.29) is 30.1 Å². The van der Waals surface area contributed by atoms with Crippen LogP contribution in [0.25, 0.3) is 0 Å².